The van der Waals surface area contributed by atoms with Crippen LogP contribution in [-0.4, -0.2) is 31.2 Å². The van der Waals surface area contributed by atoms with Gasteiger partial charge in [0.15, 0.2) is 5.78 Å². The van der Waals surface area contributed by atoms with Crippen LogP contribution in [0.5, 0.6) is 0 Å². The number of carbonyl (C=O) groups is 1. The minimum atomic E-state index is 0.193. The summed E-state index contributed by atoms with van der Waals surface area (Å²) in [4.78, 5) is 11.3. The van der Waals surface area contributed by atoms with Crippen LogP contribution in [0.1, 0.15) is 51.4 Å². The van der Waals surface area contributed by atoms with Crippen LogP contribution in [0.2, 0.25) is 0 Å². The minimum absolute atomic E-state index is 0.193. The van der Waals surface area contributed by atoms with E-state index >= 15 is 0 Å². The molecule has 3 heteroatoms. The Morgan fingerprint density at radius 2 is 2.12 bits per heavy atom. The van der Waals surface area contributed by atoms with E-state index in [0.717, 1.165) is 12.8 Å². The smallest absolute Gasteiger partial charge is 0.158 e. The summed E-state index contributed by atoms with van der Waals surface area (Å²) in [7, 11) is 1.57. The largest absolute Gasteiger partial charge is 0.377 e. The summed E-state index contributed by atoms with van der Waals surface area (Å²) < 4.78 is 11.0. The first-order valence-electron chi connectivity index (χ1n) is 6.43. The van der Waals surface area contributed by atoms with Crippen LogP contribution >= 0.6 is 0 Å². The lowest BCUT2D eigenvalue weighted by atomic mass is 9.98. The predicted molar refractivity (Wildman–Crippen MR) is 61.4 cm³/mol. The average molecular weight is 226 g/mol. The number of rotatable bonds is 5. The summed E-state index contributed by atoms with van der Waals surface area (Å²) in [6.45, 7) is 0.248. The predicted octanol–water partition coefficient (Wildman–Crippen LogP) is 2.47. The molecule has 1 heterocycles. The van der Waals surface area contributed by atoms with Crippen LogP contribution in [0.15, 0.2) is 0 Å². The van der Waals surface area contributed by atoms with Crippen molar-refractivity contribution >= 4 is 5.78 Å². The average Bonchev–Trinajstić information content (AvgIpc) is 2.88. The van der Waals surface area contributed by atoms with Gasteiger partial charge in [0.1, 0.15) is 6.61 Å². The summed E-state index contributed by atoms with van der Waals surface area (Å²) in [5.41, 5.74) is 0.203. The maximum Gasteiger partial charge on any atom is 0.158 e. The number of Topliss-reactive ketones (excluding diaryl/α,β-unsaturated/α-hetero) is 1. The molecule has 16 heavy (non-hydrogen) atoms. The fraction of sp³-hybridized carbons (Fsp3) is 0.923. The Labute approximate surface area is 97.5 Å². The lowest BCUT2D eigenvalue weighted by molar-refractivity contribution is -0.123. The molecule has 2 rings (SSSR count). The highest BCUT2D eigenvalue weighted by molar-refractivity contribution is 5.79. The first-order valence-corrected chi connectivity index (χ1v) is 6.43. The zero-order chi connectivity index (χ0) is 11.4. The molecule has 1 aliphatic carbocycles. The molecule has 0 radical (unpaired) electrons. The Morgan fingerprint density at radius 3 is 2.81 bits per heavy atom. The van der Waals surface area contributed by atoms with E-state index in [1.165, 1.54) is 32.1 Å². The summed E-state index contributed by atoms with van der Waals surface area (Å²) in [5, 5.41) is 0. The molecule has 2 aliphatic rings. The van der Waals surface area contributed by atoms with Gasteiger partial charge < -0.3 is 9.47 Å². The van der Waals surface area contributed by atoms with Crippen molar-refractivity contribution < 1.29 is 14.3 Å². The summed E-state index contributed by atoms with van der Waals surface area (Å²) in [6, 6.07) is 0. The van der Waals surface area contributed by atoms with Crippen molar-refractivity contribution in [2.75, 3.05) is 13.7 Å². The summed E-state index contributed by atoms with van der Waals surface area (Å²) >= 11 is 0. The molecule has 0 aromatic carbocycles. The van der Waals surface area contributed by atoms with E-state index in [1.807, 2.05) is 0 Å². The quantitative estimate of drug-likeness (QED) is 0.722. The third-order valence-corrected chi connectivity index (χ3v) is 3.90. The van der Waals surface area contributed by atoms with Crippen molar-refractivity contribution in [1.82, 2.24) is 0 Å². The van der Waals surface area contributed by atoms with Gasteiger partial charge in [-0.3, -0.25) is 4.79 Å². The number of carbonyl (C=O) groups excluding carboxylic acids is 1. The van der Waals surface area contributed by atoms with Gasteiger partial charge in [-0.05, 0) is 32.1 Å². The van der Waals surface area contributed by atoms with Crippen molar-refractivity contribution in [3.63, 3.8) is 0 Å². The van der Waals surface area contributed by atoms with Gasteiger partial charge in [-0.15, -0.1) is 0 Å². The highest BCUT2D eigenvalue weighted by atomic mass is 16.5. The molecule has 1 aliphatic heterocycles. The monoisotopic (exact) mass is 226 g/mol. The first-order chi connectivity index (χ1) is 7.74. The Hall–Kier alpha value is -0.410. The Balaban J connectivity index is 1.70. The van der Waals surface area contributed by atoms with Crippen LogP contribution in [0.25, 0.3) is 0 Å². The Kier molecular flexibility index (Phi) is 3.98. The maximum absolute atomic E-state index is 11.3. The number of hydrogen-bond acceptors (Lipinski definition) is 3. The molecule has 1 spiro atoms. The summed E-state index contributed by atoms with van der Waals surface area (Å²) in [5.74, 6) is 0.193. The van der Waals surface area contributed by atoms with Gasteiger partial charge >= 0.3 is 0 Å². The molecular weight excluding hydrogens is 204 g/mol. The van der Waals surface area contributed by atoms with E-state index in [1.54, 1.807) is 7.11 Å². The minimum Gasteiger partial charge on any atom is -0.377 e. The maximum atomic E-state index is 11.3. The Bertz CT molecular complexity index is 244. The van der Waals surface area contributed by atoms with E-state index < -0.39 is 0 Å². The van der Waals surface area contributed by atoms with Crippen LogP contribution in [-0.2, 0) is 14.3 Å². The lowest BCUT2D eigenvalue weighted by Gasteiger charge is -2.23. The van der Waals surface area contributed by atoms with Crippen LogP contribution in [0, 0.1) is 0 Å². The van der Waals surface area contributed by atoms with Crippen molar-refractivity contribution in [1.29, 1.82) is 0 Å². The fourth-order valence-corrected chi connectivity index (χ4v) is 3.04. The number of hydrogen-bond donors (Lipinski definition) is 0. The fourth-order valence-electron chi connectivity index (χ4n) is 3.04. The molecule has 1 saturated carbocycles. The highest BCUT2D eigenvalue weighted by Crippen LogP contribution is 2.44. The molecule has 92 valence electrons. The zero-order valence-electron chi connectivity index (χ0n) is 10.2. The lowest BCUT2D eigenvalue weighted by Crippen LogP contribution is -2.25. The standard InChI is InChI=1S/C13H22O3/c1-15-10-11(14)4-5-12-6-9-13(16-12)7-2-3-8-13/h12H,2-10H2,1H3. The van der Waals surface area contributed by atoms with Crippen molar-refractivity contribution in [3.8, 4) is 0 Å². The molecular formula is C13H22O3. The molecule has 0 N–H and O–H groups in total. The molecule has 0 aromatic rings. The second-order valence-electron chi connectivity index (χ2n) is 5.18. The van der Waals surface area contributed by atoms with Crippen LogP contribution < -0.4 is 0 Å². The van der Waals surface area contributed by atoms with Gasteiger partial charge in [0.25, 0.3) is 0 Å². The van der Waals surface area contributed by atoms with Gasteiger partial charge in [-0.2, -0.15) is 0 Å². The van der Waals surface area contributed by atoms with Crippen LogP contribution in [0.3, 0.4) is 0 Å². The second kappa shape index (κ2) is 5.28. The van der Waals surface area contributed by atoms with Gasteiger partial charge in [0.2, 0.25) is 0 Å². The molecule has 1 unspecified atom stereocenters. The van der Waals surface area contributed by atoms with Gasteiger partial charge in [0, 0.05) is 13.5 Å². The SMILES string of the molecule is COCC(=O)CCC1CCC2(CCCC2)O1. The number of ether oxygens (including phenoxy) is 2. The third kappa shape index (κ3) is 2.83. The van der Waals surface area contributed by atoms with E-state index in [9.17, 15) is 4.79 Å². The molecule has 2 fully saturated rings. The Morgan fingerprint density at radius 1 is 1.38 bits per heavy atom. The van der Waals surface area contributed by atoms with Crippen LogP contribution in [0.4, 0.5) is 0 Å². The molecule has 1 saturated heterocycles. The van der Waals surface area contributed by atoms with Crippen molar-refractivity contribution in [3.05, 3.63) is 0 Å². The molecule has 0 amide bonds. The highest BCUT2D eigenvalue weighted by Gasteiger charge is 2.41. The van der Waals surface area contributed by atoms with E-state index in [2.05, 4.69) is 0 Å². The molecule has 0 bridgehead atoms. The van der Waals surface area contributed by atoms with E-state index in [-0.39, 0.29) is 18.0 Å². The molecule has 1 atom stereocenters. The molecule has 0 aromatic heterocycles. The van der Waals surface area contributed by atoms with E-state index in [4.69, 9.17) is 9.47 Å². The third-order valence-electron chi connectivity index (χ3n) is 3.90. The first kappa shape index (κ1) is 12.1. The van der Waals surface area contributed by atoms with Crippen molar-refractivity contribution in [2.45, 2.75) is 63.1 Å². The normalized spacial score (nSPS) is 27.7. The second-order valence-corrected chi connectivity index (χ2v) is 5.18. The zero-order valence-corrected chi connectivity index (χ0v) is 10.2. The van der Waals surface area contributed by atoms with Crippen molar-refractivity contribution in [2.24, 2.45) is 0 Å². The van der Waals surface area contributed by atoms with Gasteiger partial charge in [0.05, 0.1) is 11.7 Å². The number of ketones is 1. The molecule has 3 nitrogen and oxygen atoms in total. The number of methoxy groups -OCH3 is 1. The van der Waals surface area contributed by atoms with Gasteiger partial charge in [-0.1, -0.05) is 12.8 Å². The summed E-state index contributed by atoms with van der Waals surface area (Å²) in [6.07, 6.45) is 9.24. The van der Waals surface area contributed by atoms with Gasteiger partial charge in [-0.25, -0.2) is 0 Å². The topological polar surface area (TPSA) is 35.5 Å². The van der Waals surface area contributed by atoms with E-state index in [0.29, 0.717) is 12.5 Å².